The molecule has 0 N–H and O–H groups in total. The van der Waals surface area contributed by atoms with Crippen LogP contribution in [0.25, 0.3) is 0 Å². The molecule has 1 aliphatic rings. The molecule has 0 aromatic heterocycles. The Kier molecular flexibility index (Phi) is 6.78. The van der Waals surface area contributed by atoms with E-state index >= 15 is 0 Å². The maximum Gasteiger partial charge on any atom is 0.252 e. The second kappa shape index (κ2) is 9.08. The molecule has 1 heterocycles. The number of carbonyl (C=O) groups excluding carboxylic acids is 2. The summed E-state index contributed by atoms with van der Waals surface area (Å²) in [6, 6.07) is 8.43. The number of nitriles is 1. The molecule has 0 aliphatic carbocycles. The van der Waals surface area contributed by atoms with Gasteiger partial charge in [0.1, 0.15) is 6.04 Å². The van der Waals surface area contributed by atoms with E-state index in [0.29, 0.717) is 28.8 Å². The van der Waals surface area contributed by atoms with Crippen molar-refractivity contribution in [3.63, 3.8) is 0 Å². The van der Waals surface area contributed by atoms with E-state index in [-0.39, 0.29) is 11.3 Å². The van der Waals surface area contributed by atoms with Gasteiger partial charge in [0.2, 0.25) is 15.9 Å². The van der Waals surface area contributed by atoms with Crippen LogP contribution in [0.1, 0.15) is 54.5 Å². The molecule has 0 radical (unpaired) electrons. The van der Waals surface area contributed by atoms with Crippen molar-refractivity contribution in [2.24, 2.45) is 0 Å². The second-order valence-corrected chi connectivity index (χ2v) is 10.4. The van der Waals surface area contributed by atoms with Crippen LogP contribution in [0.4, 0.5) is 5.69 Å². The van der Waals surface area contributed by atoms with Crippen molar-refractivity contribution in [1.29, 1.82) is 5.26 Å². The fourth-order valence-corrected chi connectivity index (χ4v) is 6.76. The summed E-state index contributed by atoms with van der Waals surface area (Å²) in [7, 11) is -4.08. The number of amides is 2. The molecule has 2 unspecified atom stereocenters. The summed E-state index contributed by atoms with van der Waals surface area (Å²) in [5.41, 5.74) is 3.73. The van der Waals surface area contributed by atoms with Crippen LogP contribution in [-0.4, -0.2) is 36.6 Å². The average molecular weight is 468 g/mol. The van der Waals surface area contributed by atoms with Gasteiger partial charge in [-0.25, -0.2) is 13.3 Å². The highest BCUT2D eigenvalue weighted by molar-refractivity contribution is 7.89. The number of sulfonamides is 1. The molecular formula is C25H29N3O4S. The minimum Gasteiger partial charge on any atom is -0.274 e. The first-order chi connectivity index (χ1) is 15.4. The van der Waals surface area contributed by atoms with Gasteiger partial charge in [-0.3, -0.25) is 9.59 Å². The van der Waals surface area contributed by atoms with E-state index in [9.17, 15) is 18.0 Å². The van der Waals surface area contributed by atoms with Crippen molar-refractivity contribution in [3.05, 3.63) is 58.1 Å². The van der Waals surface area contributed by atoms with Gasteiger partial charge >= 0.3 is 0 Å². The Hall–Kier alpha value is -3.02. The first-order valence-electron chi connectivity index (χ1n) is 10.9. The third-order valence-corrected chi connectivity index (χ3v) is 8.84. The molecule has 3 rings (SSSR count). The van der Waals surface area contributed by atoms with E-state index in [1.54, 1.807) is 20.8 Å². The second-order valence-electron chi connectivity index (χ2n) is 8.63. The highest BCUT2D eigenvalue weighted by atomic mass is 32.2. The molecule has 33 heavy (non-hydrogen) atoms. The van der Waals surface area contributed by atoms with Gasteiger partial charge in [-0.1, -0.05) is 13.0 Å². The van der Waals surface area contributed by atoms with Crippen LogP contribution in [-0.2, 0) is 19.6 Å². The summed E-state index contributed by atoms with van der Waals surface area (Å²) in [6.07, 6.45) is 0.252. The number of anilines is 1. The molecule has 8 heteroatoms. The number of hydrogen-bond acceptors (Lipinski definition) is 5. The molecule has 2 atom stereocenters. The average Bonchev–Trinajstić information content (AvgIpc) is 3.05. The molecule has 7 nitrogen and oxygen atoms in total. The Morgan fingerprint density at radius 2 is 1.64 bits per heavy atom. The first-order valence-corrected chi connectivity index (χ1v) is 12.4. The van der Waals surface area contributed by atoms with Gasteiger partial charge in [-0.15, -0.1) is 0 Å². The fourth-order valence-electron chi connectivity index (χ4n) is 4.34. The summed E-state index contributed by atoms with van der Waals surface area (Å²) in [4.78, 5) is 27.6. The molecule has 1 aliphatic heterocycles. The van der Waals surface area contributed by atoms with Crippen molar-refractivity contribution >= 4 is 27.5 Å². The number of nitrogens with zero attached hydrogens (tertiary/aromatic N) is 3. The molecular weight excluding hydrogens is 438 g/mol. The molecule has 2 amide bonds. The lowest BCUT2D eigenvalue weighted by Gasteiger charge is -2.33. The van der Waals surface area contributed by atoms with Crippen LogP contribution in [0, 0.1) is 39.0 Å². The smallest absolute Gasteiger partial charge is 0.252 e. The van der Waals surface area contributed by atoms with Gasteiger partial charge in [0.05, 0.1) is 28.6 Å². The number of imide groups is 1. The molecule has 0 spiro atoms. The van der Waals surface area contributed by atoms with Crippen molar-refractivity contribution in [3.8, 4) is 6.07 Å². The molecule has 2 aromatic rings. The summed E-state index contributed by atoms with van der Waals surface area (Å²) < 4.78 is 29.3. The van der Waals surface area contributed by atoms with Crippen LogP contribution >= 0.6 is 0 Å². The SMILES string of the molecule is CCC(C)N(C1CC(=O)N(c2ccc(C#N)cc2)C1=O)S(=O)(=O)c1c(C)c(C)cc(C)c1C. The van der Waals surface area contributed by atoms with Gasteiger partial charge in [0.25, 0.3) is 5.91 Å². The zero-order valence-electron chi connectivity index (χ0n) is 19.8. The van der Waals surface area contributed by atoms with Gasteiger partial charge < -0.3 is 0 Å². The molecule has 2 aromatic carbocycles. The minimum atomic E-state index is -4.08. The maximum absolute atomic E-state index is 14.1. The van der Waals surface area contributed by atoms with Crippen molar-refractivity contribution in [2.75, 3.05) is 4.90 Å². The summed E-state index contributed by atoms with van der Waals surface area (Å²) in [5.74, 6) is -1.04. The third kappa shape index (κ3) is 4.19. The predicted octanol–water partition coefficient (Wildman–Crippen LogP) is 3.91. The van der Waals surface area contributed by atoms with Gasteiger partial charge in [0, 0.05) is 6.04 Å². The molecule has 174 valence electrons. The topological polar surface area (TPSA) is 98.5 Å². The highest BCUT2D eigenvalue weighted by Crippen LogP contribution is 2.35. The Morgan fingerprint density at radius 3 is 2.12 bits per heavy atom. The molecule has 0 saturated carbocycles. The van der Waals surface area contributed by atoms with Crippen molar-refractivity contribution < 1.29 is 18.0 Å². The summed E-state index contributed by atoms with van der Waals surface area (Å²) in [6.45, 7) is 10.9. The zero-order valence-corrected chi connectivity index (χ0v) is 20.7. The predicted molar refractivity (Wildman–Crippen MR) is 126 cm³/mol. The number of aryl methyl sites for hydroxylation is 2. The third-order valence-electron chi connectivity index (χ3n) is 6.54. The van der Waals surface area contributed by atoms with E-state index in [4.69, 9.17) is 5.26 Å². The Labute approximate surface area is 195 Å². The van der Waals surface area contributed by atoms with Gasteiger partial charge in [-0.05, 0) is 87.6 Å². The van der Waals surface area contributed by atoms with E-state index in [0.717, 1.165) is 16.0 Å². The first kappa shape index (κ1) is 24.6. The Balaban J connectivity index is 2.12. The monoisotopic (exact) mass is 467 g/mol. The quantitative estimate of drug-likeness (QED) is 0.600. The summed E-state index contributed by atoms with van der Waals surface area (Å²) in [5, 5.41) is 9.01. The normalized spacial score (nSPS) is 17.5. The van der Waals surface area contributed by atoms with Crippen molar-refractivity contribution in [1.82, 2.24) is 4.31 Å². The summed E-state index contributed by atoms with van der Waals surface area (Å²) >= 11 is 0. The van der Waals surface area contributed by atoms with Crippen molar-refractivity contribution in [2.45, 2.75) is 71.4 Å². The van der Waals surface area contributed by atoms with E-state index < -0.39 is 33.9 Å². The molecule has 1 saturated heterocycles. The molecule has 1 fully saturated rings. The van der Waals surface area contributed by atoms with Crippen LogP contribution in [0.3, 0.4) is 0 Å². The fraction of sp³-hybridized carbons (Fsp3) is 0.400. The Morgan fingerprint density at radius 1 is 1.09 bits per heavy atom. The van der Waals surface area contributed by atoms with Gasteiger partial charge in [-0.2, -0.15) is 9.57 Å². The van der Waals surface area contributed by atoms with Crippen LogP contribution < -0.4 is 4.90 Å². The number of hydrogen-bond donors (Lipinski definition) is 0. The maximum atomic E-state index is 14.1. The van der Waals surface area contributed by atoms with E-state index in [1.807, 2.05) is 32.9 Å². The van der Waals surface area contributed by atoms with E-state index in [1.165, 1.54) is 28.6 Å². The zero-order chi connectivity index (χ0) is 24.7. The van der Waals surface area contributed by atoms with Crippen LogP contribution in [0.15, 0.2) is 35.2 Å². The van der Waals surface area contributed by atoms with Crippen LogP contribution in [0.5, 0.6) is 0 Å². The Bertz CT molecular complexity index is 1230. The highest BCUT2D eigenvalue weighted by Gasteiger charge is 2.49. The lowest BCUT2D eigenvalue weighted by molar-refractivity contribution is -0.122. The standard InChI is InChI=1S/C25H29N3O4S/c1-7-17(4)28(33(31,32)24-18(5)15(2)12-16(3)19(24)6)22-13-23(29)27(25(22)30)21-10-8-20(14-26)9-11-21/h8-12,17,22H,7,13H2,1-6H3. The number of carbonyl (C=O) groups is 2. The number of rotatable bonds is 6. The minimum absolute atomic E-state index is 0.206. The van der Waals surface area contributed by atoms with E-state index in [2.05, 4.69) is 0 Å². The van der Waals surface area contributed by atoms with Crippen LogP contribution in [0.2, 0.25) is 0 Å². The number of benzene rings is 2. The lowest BCUT2D eigenvalue weighted by Crippen LogP contribution is -2.49. The molecule has 0 bridgehead atoms. The van der Waals surface area contributed by atoms with Gasteiger partial charge in [0.15, 0.2) is 0 Å². The lowest BCUT2D eigenvalue weighted by atomic mass is 10.0. The largest absolute Gasteiger partial charge is 0.274 e.